The minimum atomic E-state index is -0.861. The molecule has 0 saturated carbocycles. The average molecular weight is 490 g/mol. The van der Waals surface area contributed by atoms with Gasteiger partial charge in [-0.25, -0.2) is 0 Å². The summed E-state index contributed by atoms with van der Waals surface area (Å²) in [5.74, 6) is 3.78. The first-order chi connectivity index (χ1) is 16.1. The van der Waals surface area contributed by atoms with Gasteiger partial charge in [0, 0.05) is 16.8 Å². The normalized spacial score (nSPS) is 12.3. The molecule has 0 aliphatic carbocycles. The summed E-state index contributed by atoms with van der Waals surface area (Å²) in [4.78, 5) is 15.0. The first-order valence-corrected chi connectivity index (χ1v) is 13.1. The lowest BCUT2D eigenvalue weighted by molar-refractivity contribution is 0.572. The Morgan fingerprint density at radius 3 is 2.29 bits per heavy atom. The van der Waals surface area contributed by atoms with Gasteiger partial charge in [0.05, 0.1) is 0 Å². The molecule has 0 radical (unpaired) electrons. The Labute approximate surface area is 208 Å². The van der Waals surface area contributed by atoms with Crippen molar-refractivity contribution in [1.29, 1.82) is 0 Å². The molecular formula is C27H45N4O2S-. The molecule has 1 unspecified atom stereocenters. The van der Waals surface area contributed by atoms with E-state index in [1.54, 1.807) is 0 Å². The Balaban J connectivity index is 0. The molecule has 2 rings (SSSR count). The van der Waals surface area contributed by atoms with Crippen molar-refractivity contribution in [3.63, 3.8) is 0 Å². The average Bonchev–Trinajstić information content (AvgIpc) is 2.77. The Morgan fingerprint density at radius 1 is 1.24 bits per heavy atom. The van der Waals surface area contributed by atoms with E-state index in [1.165, 1.54) is 6.26 Å². The van der Waals surface area contributed by atoms with Gasteiger partial charge in [-0.2, -0.15) is 5.87 Å². The largest absolute Gasteiger partial charge is 0.462 e. The van der Waals surface area contributed by atoms with Crippen LogP contribution in [-0.4, -0.2) is 37.8 Å². The second-order valence-electron chi connectivity index (χ2n) is 7.75. The van der Waals surface area contributed by atoms with Crippen LogP contribution in [0.25, 0.3) is 17.0 Å². The highest BCUT2D eigenvalue weighted by Gasteiger charge is 2.00. The molecule has 0 aliphatic rings. The van der Waals surface area contributed by atoms with Crippen molar-refractivity contribution in [2.75, 3.05) is 26.9 Å². The van der Waals surface area contributed by atoms with Gasteiger partial charge in [0.1, 0.15) is 0 Å². The van der Waals surface area contributed by atoms with Gasteiger partial charge in [-0.15, -0.1) is 6.26 Å². The summed E-state index contributed by atoms with van der Waals surface area (Å²) in [6.07, 6.45) is 11.5. The highest BCUT2D eigenvalue weighted by molar-refractivity contribution is 7.81. The highest BCUT2D eigenvalue weighted by Crippen LogP contribution is 2.13. The highest BCUT2D eigenvalue weighted by atomic mass is 32.2. The third-order valence-corrected chi connectivity index (χ3v) is 4.28. The van der Waals surface area contributed by atoms with Crippen molar-refractivity contribution < 1.29 is 4.21 Å². The predicted octanol–water partition coefficient (Wildman–Crippen LogP) is 4.58. The molecule has 0 aliphatic heterocycles. The number of para-hydroxylation sites is 1. The number of rotatable bonds is 6. The van der Waals surface area contributed by atoms with Crippen molar-refractivity contribution in [3.05, 3.63) is 75.7 Å². The molecule has 6 nitrogen and oxygen atoms in total. The van der Waals surface area contributed by atoms with E-state index < -0.39 is 10.4 Å². The van der Waals surface area contributed by atoms with Crippen molar-refractivity contribution in [3.8, 4) is 0 Å². The molecule has 1 aromatic heterocycles. The number of allylic oxidation sites excluding steroid dienone is 4. The van der Waals surface area contributed by atoms with E-state index in [2.05, 4.69) is 36.1 Å². The summed E-state index contributed by atoms with van der Waals surface area (Å²) in [5.41, 5.74) is 14.0. The summed E-state index contributed by atoms with van der Waals surface area (Å²) < 4.78 is 9.44. The Kier molecular flexibility index (Phi) is 20.7. The molecule has 6 N–H and O–H groups in total. The van der Waals surface area contributed by atoms with E-state index in [9.17, 15) is 9.00 Å². The standard InChI is InChI=1S/C21H26N2O.2C2H7N.C2H5OS/c1-4-15(2)8-7-10-19(22)16(3)12-13-18-14-17-9-5-6-11-20(17)23-21(18)24;1-3-2;1-2-3;1-4(2)3/h5-7,9-15H,4,8,22H2,1-3H3,(H,23,24);3H,1-2H3;2-3H2,1H3;1H2,2H3/q;;;-1/b10-7-,13-12+,19-16-;;;. The van der Waals surface area contributed by atoms with Gasteiger partial charge in [-0.1, -0.05) is 57.5 Å². The van der Waals surface area contributed by atoms with Crippen molar-refractivity contribution >= 4 is 33.2 Å². The number of aromatic nitrogens is 1. The fraction of sp³-hybridized carbons (Fsp3) is 0.407. The molecule has 1 atom stereocenters. The van der Waals surface area contributed by atoms with Crippen LogP contribution in [0.3, 0.4) is 0 Å². The van der Waals surface area contributed by atoms with E-state index in [0.29, 0.717) is 11.5 Å². The lowest BCUT2D eigenvalue weighted by atomic mass is 10.0. The summed E-state index contributed by atoms with van der Waals surface area (Å²) in [7, 11) is 2.89. The first kappa shape index (κ1) is 33.6. The lowest BCUT2D eigenvalue weighted by Crippen LogP contribution is -2.08. The zero-order chi connectivity index (χ0) is 26.5. The number of fused-ring (bicyclic) bond motifs is 1. The Morgan fingerprint density at radius 2 is 1.76 bits per heavy atom. The van der Waals surface area contributed by atoms with E-state index in [0.717, 1.165) is 41.6 Å². The van der Waals surface area contributed by atoms with Gasteiger partial charge < -0.3 is 26.0 Å². The molecule has 34 heavy (non-hydrogen) atoms. The predicted molar refractivity (Wildman–Crippen MR) is 155 cm³/mol. The van der Waals surface area contributed by atoms with E-state index >= 15 is 0 Å². The molecule has 0 spiro atoms. The van der Waals surface area contributed by atoms with Crippen LogP contribution in [0.1, 0.15) is 46.1 Å². The SMILES string of the molecule is C=[S-](C)=O.CCC(C)C\C=C/C(N)=C(C)/C=C/c1cc2ccccc2[nH]c1=O.CCN.CNC. The number of aromatic amines is 1. The van der Waals surface area contributed by atoms with Crippen LogP contribution in [0.4, 0.5) is 0 Å². The third kappa shape index (κ3) is 16.9. The lowest BCUT2D eigenvalue weighted by Gasteiger charge is -2.03. The van der Waals surface area contributed by atoms with Gasteiger partial charge in [0.2, 0.25) is 0 Å². The maximum atomic E-state index is 12.1. The third-order valence-electron chi connectivity index (χ3n) is 4.28. The fourth-order valence-electron chi connectivity index (χ4n) is 2.32. The quantitative estimate of drug-likeness (QED) is 0.269. The number of pyridine rings is 1. The monoisotopic (exact) mass is 489 g/mol. The molecule has 0 amide bonds. The Bertz CT molecular complexity index is 1020. The summed E-state index contributed by atoms with van der Waals surface area (Å²) in [6, 6.07) is 9.64. The van der Waals surface area contributed by atoms with Gasteiger partial charge in [0.15, 0.2) is 0 Å². The van der Waals surface area contributed by atoms with Gasteiger partial charge >= 0.3 is 0 Å². The van der Waals surface area contributed by atoms with Gasteiger partial charge in [-0.05, 0) is 75.1 Å². The van der Waals surface area contributed by atoms with Crippen molar-refractivity contribution in [2.45, 2.75) is 40.5 Å². The van der Waals surface area contributed by atoms with Crippen LogP contribution < -0.4 is 22.3 Å². The van der Waals surface area contributed by atoms with E-state index in [4.69, 9.17) is 11.5 Å². The fourth-order valence-corrected chi connectivity index (χ4v) is 2.32. The summed E-state index contributed by atoms with van der Waals surface area (Å²) in [6.45, 7) is 9.02. The number of nitrogens with one attached hydrogen (secondary N) is 2. The first-order valence-electron chi connectivity index (χ1n) is 11.4. The van der Waals surface area contributed by atoms with E-state index in [1.807, 2.05) is 76.5 Å². The summed E-state index contributed by atoms with van der Waals surface area (Å²) >= 11 is 0. The minimum Gasteiger partial charge on any atom is -0.462 e. The summed E-state index contributed by atoms with van der Waals surface area (Å²) in [5, 5.41) is 3.76. The van der Waals surface area contributed by atoms with Crippen LogP contribution in [0.2, 0.25) is 0 Å². The number of nitrogens with two attached hydrogens (primary N) is 2. The van der Waals surface area contributed by atoms with Gasteiger partial charge in [-0.3, -0.25) is 15.2 Å². The van der Waals surface area contributed by atoms with Crippen molar-refractivity contribution in [1.82, 2.24) is 10.3 Å². The van der Waals surface area contributed by atoms with Gasteiger partial charge in [0.25, 0.3) is 5.56 Å². The van der Waals surface area contributed by atoms with Crippen LogP contribution >= 0.6 is 0 Å². The Hall–Kier alpha value is -2.61. The van der Waals surface area contributed by atoms with E-state index in [-0.39, 0.29) is 5.56 Å². The maximum absolute atomic E-state index is 12.1. The second kappa shape index (κ2) is 21.0. The zero-order valence-electron chi connectivity index (χ0n) is 22.0. The van der Waals surface area contributed by atoms with Crippen LogP contribution in [-0.2, 0) is 14.6 Å². The molecule has 2 aromatic rings. The zero-order valence-corrected chi connectivity index (χ0v) is 22.8. The smallest absolute Gasteiger partial charge is 0.255 e. The molecule has 0 bridgehead atoms. The second-order valence-corrected chi connectivity index (χ2v) is 8.89. The van der Waals surface area contributed by atoms with Crippen LogP contribution in [0, 0.1) is 5.92 Å². The topological polar surface area (TPSA) is 114 Å². The number of benzene rings is 1. The molecule has 0 saturated heterocycles. The molecule has 7 heteroatoms. The number of hydrogen-bond donors (Lipinski definition) is 4. The molecule has 0 fully saturated rings. The molecular weight excluding hydrogens is 444 g/mol. The molecule has 192 valence electrons. The molecule has 1 aromatic carbocycles. The number of H-pyrrole nitrogens is 1. The number of hydrogen-bond acceptors (Lipinski definition) is 6. The van der Waals surface area contributed by atoms with Crippen LogP contribution in [0.15, 0.2) is 64.6 Å². The molecule has 1 heterocycles. The van der Waals surface area contributed by atoms with Crippen molar-refractivity contribution in [2.24, 2.45) is 17.4 Å². The maximum Gasteiger partial charge on any atom is 0.255 e. The minimum absolute atomic E-state index is 0.0939. The van der Waals surface area contributed by atoms with Crippen LogP contribution in [0.5, 0.6) is 0 Å².